The lowest BCUT2D eigenvalue weighted by molar-refractivity contribution is 0.0784. The van der Waals surface area contributed by atoms with Crippen LogP contribution in [0.15, 0.2) is 11.4 Å². The summed E-state index contributed by atoms with van der Waals surface area (Å²) in [5.74, 6) is -0.315. The molecular weight excluding hydrogens is 184 g/mol. The molecule has 0 aliphatic carbocycles. The highest BCUT2D eigenvalue weighted by Gasteiger charge is 2.16. The fraction of sp³-hybridized carbons (Fsp3) is 0.286. The second-order valence-corrected chi connectivity index (χ2v) is 3.46. The number of carbonyl (C=O) groups excluding carboxylic acids is 1. The topological polar surface area (TPSA) is 37.3 Å². The number of hydrogen-bond acceptors (Lipinski definition) is 3. The van der Waals surface area contributed by atoms with Gasteiger partial charge < -0.3 is 5.11 Å². The van der Waals surface area contributed by atoms with E-state index in [2.05, 4.69) is 0 Å². The molecular formula is C7H7ClO2S. The van der Waals surface area contributed by atoms with Crippen LogP contribution >= 0.6 is 22.9 Å². The Morgan fingerprint density at radius 2 is 2.45 bits per heavy atom. The van der Waals surface area contributed by atoms with Crippen LogP contribution in [0.25, 0.3) is 0 Å². The van der Waals surface area contributed by atoms with Crippen molar-refractivity contribution in [3.63, 3.8) is 0 Å². The fourth-order valence-electron chi connectivity index (χ4n) is 0.659. The van der Waals surface area contributed by atoms with Gasteiger partial charge in [0.1, 0.15) is 6.10 Å². The molecule has 4 heteroatoms. The zero-order valence-corrected chi connectivity index (χ0v) is 7.45. The maximum Gasteiger partial charge on any atom is 0.202 e. The van der Waals surface area contributed by atoms with Crippen molar-refractivity contribution >= 4 is 28.7 Å². The molecule has 0 spiro atoms. The van der Waals surface area contributed by atoms with Crippen molar-refractivity contribution in [3.05, 3.63) is 21.3 Å². The number of hydrogen-bond donors (Lipinski definition) is 1. The molecule has 0 aliphatic heterocycles. The van der Waals surface area contributed by atoms with E-state index in [1.165, 1.54) is 18.3 Å². The fourth-order valence-corrected chi connectivity index (χ4v) is 1.83. The van der Waals surface area contributed by atoms with Crippen LogP contribution in [0.3, 0.4) is 0 Å². The maximum absolute atomic E-state index is 11.1. The number of halogens is 1. The number of rotatable bonds is 2. The lowest BCUT2D eigenvalue weighted by Crippen LogP contribution is -2.14. The van der Waals surface area contributed by atoms with Gasteiger partial charge in [0.25, 0.3) is 0 Å². The van der Waals surface area contributed by atoms with Crippen LogP contribution in [-0.4, -0.2) is 17.0 Å². The Morgan fingerprint density at radius 3 is 2.82 bits per heavy atom. The van der Waals surface area contributed by atoms with Crippen molar-refractivity contribution in [1.82, 2.24) is 0 Å². The van der Waals surface area contributed by atoms with Gasteiger partial charge in [-0.05, 0) is 18.4 Å². The van der Waals surface area contributed by atoms with Gasteiger partial charge in [0.2, 0.25) is 5.78 Å². The lowest BCUT2D eigenvalue weighted by Gasteiger charge is -1.99. The molecule has 0 amide bonds. The van der Waals surface area contributed by atoms with Crippen LogP contribution in [-0.2, 0) is 0 Å². The van der Waals surface area contributed by atoms with Gasteiger partial charge in [-0.3, -0.25) is 4.79 Å². The molecule has 0 aliphatic rings. The van der Waals surface area contributed by atoms with Crippen molar-refractivity contribution in [2.75, 3.05) is 0 Å². The summed E-state index contributed by atoms with van der Waals surface area (Å²) in [6.45, 7) is 1.43. The Labute approximate surface area is 73.4 Å². The SMILES string of the molecule is CC(O)C(=O)c1sccc1Cl. The van der Waals surface area contributed by atoms with Gasteiger partial charge in [0, 0.05) is 0 Å². The maximum atomic E-state index is 11.1. The highest BCUT2D eigenvalue weighted by atomic mass is 35.5. The molecule has 0 fully saturated rings. The minimum absolute atomic E-state index is 0.315. The summed E-state index contributed by atoms with van der Waals surface area (Å²) in [5, 5.41) is 11.1. The average Bonchev–Trinajstić information content (AvgIpc) is 2.33. The lowest BCUT2D eigenvalue weighted by atomic mass is 10.2. The first-order valence-electron chi connectivity index (χ1n) is 3.08. The quantitative estimate of drug-likeness (QED) is 0.724. The zero-order chi connectivity index (χ0) is 8.43. The number of ketones is 1. The Balaban J connectivity index is 2.93. The second kappa shape index (κ2) is 3.34. The number of thiophene rings is 1. The van der Waals surface area contributed by atoms with E-state index in [9.17, 15) is 4.79 Å². The Bertz CT molecular complexity index is 267. The van der Waals surface area contributed by atoms with Crippen LogP contribution in [0.2, 0.25) is 5.02 Å². The first kappa shape index (κ1) is 8.71. The second-order valence-electron chi connectivity index (χ2n) is 2.14. The molecule has 1 unspecified atom stereocenters. The number of aliphatic hydroxyl groups is 1. The number of aliphatic hydroxyl groups excluding tert-OH is 1. The predicted octanol–water partition coefficient (Wildman–Crippen LogP) is 1.96. The summed E-state index contributed by atoms with van der Waals surface area (Å²) < 4.78 is 0. The molecule has 1 heterocycles. The molecule has 0 bridgehead atoms. The standard InChI is InChI=1S/C7H7ClO2S/c1-4(9)6(10)7-5(8)2-3-11-7/h2-4,9H,1H3. The van der Waals surface area contributed by atoms with E-state index < -0.39 is 6.10 Å². The molecule has 0 radical (unpaired) electrons. The number of carbonyl (C=O) groups is 1. The van der Waals surface area contributed by atoms with Gasteiger partial charge >= 0.3 is 0 Å². The van der Waals surface area contributed by atoms with E-state index in [0.29, 0.717) is 9.90 Å². The predicted molar refractivity (Wildman–Crippen MR) is 45.3 cm³/mol. The minimum atomic E-state index is -0.967. The van der Waals surface area contributed by atoms with Gasteiger partial charge in [0.15, 0.2) is 0 Å². The number of Topliss-reactive ketones (excluding diaryl/α,β-unsaturated/α-hetero) is 1. The van der Waals surface area contributed by atoms with Crippen LogP contribution < -0.4 is 0 Å². The molecule has 1 aromatic heterocycles. The summed E-state index contributed by atoms with van der Waals surface area (Å²) in [7, 11) is 0. The molecule has 0 saturated carbocycles. The molecule has 1 rings (SSSR count). The van der Waals surface area contributed by atoms with Crippen molar-refractivity contribution < 1.29 is 9.90 Å². The first-order chi connectivity index (χ1) is 5.13. The molecule has 1 N–H and O–H groups in total. The summed E-state index contributed by atoms with van der Waals surface area (Å²) in [5.41, 5.74) is 0. The van der Waals surface area contributed by atoms with Gasteiger partial charge in [-0.2, -0.15) is 0 Å². The molecule has 1 atom stereocenters. The zero-order valence-electron chi connectivity index (χ0n) is 5.87. The van der Waals surface area contributed by atoms with E-state index in [1.807, 2.05) is 0 Å². The normalized spacial score (nSPS) is 13.0. The molecule has 0 aromatic carbocycles. The minimum Gasteiger partial charge on any atom is -0.385 e. The average molecular weight is 191 g/mol. The summed E-state index contributed by atoms with van der Waals surface area (Å²) in [4.78, 5) is 11.5. The van der Waals surface area contributed by atoms with E-state index >= 15 is 0 Å². The first-order valence-corrected chi connectivity index (χ1v) is 4.34. The van der Waals surface area contributed by atoms with E-state index in [4.69, 9.17) is 16.7 Å². The monoisotopic (exact) mass is 190 g/mol. The Morgan fingerprint density at radius 1 is 1.82 bits per heavy atom. The van der Waals surface area contributed by atoms with Crippen LogP contribution in [0.4, 0.5) is 0 Å². The van der Waals surface area contributed by atoms with Crippen molar-refractivity contribution in [1.29, 1.82) is 0 Å². The largest absolute Gasteiger partial charge is 0.385 e. The molecule has 1 aromatic rings. The van der Waals surface area contributed by atoms with Gasteiger partial charge in [-0.1, -0.05) is 11.6 Å². The smallest absolute Gasteiger partial charge is 0.202 e. The third kappa shape index (κ3) is 1.80. The van der Waals surface area contributed by atoms with Crippen molar-refractivity contribution in [2.45, 2.75) is 13.0 Å². The van der Waals surface area contributed by atoms with Gasteiger partial charge in [-0.15, -0.1) is 11.3 Å². The Hall–Kier alpha value is -0.380. The van der Waals surface area contributed by atoms with Gasteiger partial charge in [0.05, 0.1) is 9.90 Å². The summed E-state index contributed by atoms with van der Waals surface area (Å²) in [6.07, 6.45) is -0.967. The molecule has 0 saturated heterocycles. The molecule has 60 valence electrons. The Kier molecular flexibility index (Phi) is 2.65. The van der Waals surface area contributed by atoms with Crippen molar-refractivity contribution in [2.24, 2.45) is 0 Å². The van der Waals surface area contributed by atoms with Crippen molar-refractivity contribution in [3.8, 4) is 0 Å². The van der Waals surface area contributed by atoms with Crippen LogP contribution in [0.1, 0.15) is 16.6 Å². The summed E-state index contributed by atoms with van der Waals surface area (Å²) >= 11 is 6.90. The summed E-state index contributed by atoms with van der Waals surface area (Å²) in [6, 6.07) is 1.64. The third-order valence-corrected chi connectivity index (χ3v) is 2.58. The van der Waals surface area contributed by atoms with Crippen LogP contribution in [0, 0.1) is 0 Å². The molecule has 11 heavy (non-hydrogen) atoms. The highest BCUT2D eigenvalue weighted by Crippen LogP contribution is 2.23. The van der Waals surface area contributed by atoms with Gasteiger partial charge in [-0.25, -0.2) is 0 Å². The van der Waals surface area contributed by atoms with E-state index in [-0.39, 0.29) is 5.78 Å². The van der Waals surface area contributed by atoms with Crippen LogP contribution in [0.5, 0.6) is 0 Å². The highest BCUT2D eigenvalue weighted by molar-refractivity contribution is 7.12. The molecule has 2 nitrogen and oxygen atoms in total. The van der Waals surface area contributed by atoms with E-state index in [0.717, 1.165) is 0 Å². The third-order valence-electron chi connectivity index (χ3n) is 1.22. The van der Waals surface area contributed by atoms with E-state index in [1.54, 1.807) is 11.4 Å².